The van der Waals surface area contributed by atoms with Crippen molar-refractivity contribution >= 4 is 131 Å². The molecule has 7 aromatic carbocycles. The molecule has 0 atom stereocenters. The summed E-state index contributed by atoms with van der Waals surface area (Å²) < 4.78 is 7.97. The number of anilines is 6. The van der Waals surface area contributed by atoms with Crippen LogP contribution in [0.15, 0.2) is 146 Å². The van der Waals surface area contributed by atoms with Crippen LogP contribution in [0.5, 0.6) is 0 Å². The van der Waals surface area contributed by atoms with Gasteiger partial charge in [-0.3, -0.25) is 0 Å². The van der Waals surface area contributed by atoms with E-state index in [1.54, 1.807) is 0 Å². The van der Waals surface area contributed by atoms with Crippen molar-refractivity contribution in [1.29, 1.82) is 0 Å². The number of thiophene rings is 2. The van der Waals surface area contributed by atoms with E-state index in [1.807, 2.05) is 22.7 Å². The van der Waals surface area contributed by atoms with Crippen molar-refractivity contribution in [3.05, 3.63) is 146 Å². The van der Waals surface area contributed by atoms with Crippen molar-refractivity contribution < 1.29 is 0 Å². The van der Waals surface area contributed by atoms with Gasteiger partial charge in [-0.15, -0.1) is 22.7 Å². The Kier molecular flexibility index (Phi) is 4.72. The summed E-state index contributed by atoms with van der Waals surface area (Å²) in [4.78, 5) is 5.13. The van der Waals surface area contributed by atoms with Gasteiger partial charge in [-0.25, -0.2) is 0 Å². The highest BCUT2D eigenvalue weighted by Gasteiger charge is 2.51. The van der Waals surface area contributed by atoms with Gasteiger partial charge in [0.15, 0.2) is 0 Å². The summed E-state index contributed by atoms with van der Waals surface area (Å²) >= 11 is 3.79. The third-order valence-corrected chi connectivity index (χ3v) is 13.5. The Morgan fingerprint density at radius 3 is 1.72 bits per heavy atom. The molecule has 0 fully saturated rings. The summed E-state index contributed by atoms with van der Waals surface area (Å²) in [6.07, 6.45) is 0. The maximum atomic E-state index is 2.65. The lowest BCUT2D eigenvalue weighted by molar-refractivity contribution is 1.19. The number of hydrogen-bond donors (Lipinski definition) is 0. The Labute approximate surface area is 295 Å². The summed E-state index contributed by atoms with van der Waals surface area (Å²) in [5.74, 6) is 0. The number of aromatic nitrogens is 1. The van der Waals surface area contributed by atoms with Crippen molar-refractivity contribution in [3.8, 4) is 5.69 Å². The van der Waals surface area contributed by atoms with E-state index in [0.717, 1.165) is 0 Å². The molecule has 13 rings (SSSR count). The molecule has 6 heterocycles. The largest absolute Gasteiger partial charge is 0.319 e. The van der Waals surface area contributed by atoms with Crippen LogP contribution in [0, 0.1) is 0 Å². The van der Waals surface area contributed by atoms with Gasteiger partial charge in [0, 0.05) is 79.8 Å². The topological polar surface area (TPSA) is 11.4 Å². The fourth-order valence-electron chi connectivity index (χ4n) is 9.51. The maximum absolute atomic E-state index is 2.65. The van der Waals surface area contributed by atoms with Crippen molar-refractivity contribution in [3.63, 3.8) is 0 Å². The summed E-state index contributed by atoms with van der Waals surface area (Å²) in [7, 11) is 0. The average Bonchev–Trinajstić information content (AvgIpc) is 3.92. The molecule has 0 amide bonds. The van der Waals surface area contributed by atoms with E-state index >= 15 is 0 Å². The molecule has 3 aliphatic heterocycles. The van der Waals surface area contributed by atoms with Crippen LogP contribution in [0.1, 0.15) is 0 Å². The second kappa shape index (κ2) is 9.04. The molecule has 10 aromatic rings. The van der Waals surface area contributed by atoms with Crippen LogP contribution < -0.4 is 26.3 Å². The van der Waals surface area contributed by atoms with Crippen molar-refractivity contribution in [2.24, 2.45) is 0 Å². The highest BCUT2D eigenvalue weighted by atomic mass is 32.1. The normalized spacial score (nSPS) is 13.9. The lowest BCUT2D eigenvalue weighted by atomic mass is 9.36. The zero-order valence-electron chi connectivity index (χ0n) is 26.6. The average molecular weight is 670 g/mol. The highest BCUT2D eigenvalue weighted by Crippen LogP contribution is 2.52. The monoisotopic (exact) mass is 669 g/mol. The molecule has 0 saturated carbocycles. The van der Waals surface area contributed by atoms with Crippen molar-refractivity contribution in [2.75, 3.05) is 9.80 Å². The van der Waals surface area contributed by atoms with Crippen LogP contribution in [0.25, 0.3) is 56.9 Å². The Morgan fingerprint density at radius 1 is 0.400 bits per heavy atom. The predicted octanol–water partition coefficient (Wildman–Crippen LogP) is 10.8. The Morgan fingerprint density at radius 2 is 0.960 bits per heavy atom. The van der Waals surface area contributed by atoms with Crippen molar-refractivity contribution in [1.82, 2.24) is 4.57 Å². The van der Waals surface area contributed by atoms with Gasteiger partial charge in [0.25, 0.3) is 6.71 Å². The molecule has 0 aliphatic carbocycles. The van der Waals surface area contributed by atoms with E-state index in [1.165, 1.54) is 108 Å². The minimum Gasteiger partial charge on any atom is -0.319 e. The third-order valence-electron chi connectivity index (χ3n) is 11.3. The molecule has 0 bridgehead atoms. The second-order valence-corrected chi connectivity index (χ2v) is 15.8. The minimum absolute atomic E-state index is 0.129. The van der Waals surface area contributed by atoms with Crippen LogP contribution >= 0.6 is 22.7 Å². The second-order valence-electron chi connectivity index (χ2n) is 13.6. The molecule has 0 spiro atoms. The van der Waals surface area contributed by atoms with E-state index in [4.69, 9.17) is 0 Å². The van der Waals surface area contributed by atoms with Crippen LogP contribution in [-0.2, 0) is 0 Å². The summed E-state index contributed by atoms with van der Waals surface area (Å²) in [5.41, 5.74) is 14.3. The molecular weight excluding hydrogens is 645 g/mol. The zero-order valence-corrected chi connectivity index (χ0v) is 28.2. The molecule has 3 aromatic heterocycles. The maximum Gasteiger partial charge on any atom is 0.275 e. The van der Waals surface area contributed by atoms with Gasteiger partial charge in [0.1, 0.15) is 0 Å². The molecule has 0 N–H and O–H groups in total. The lowest BCUT2D eigenvalue weighted by Gasteiger charge is -2.41. The molecule has 50 heavy (non-hydrogen) atoms. The van der Waals surface area contributed by atoms with Gasteiger partial charge in [-0.1, -0.05) is 72.8 Å². The van der Waals surface area contributed by atoms with Crippen molar-refractivity contribution in [2.45, 2.75) is 0 Å². The molecule has 0 unspecified atom stereocenters. The van der Waals surface area contributed by atoms with Gasteiger partial charge in [-0.05, 0) is 83.7 Å². The smallest absolute Gasteiger partial charge is 0.275 e. The van der Waals surface area contributed by atoms with Crippen LogP contribution in [0.2, 0.25) is 0 Å². The Bertz CT molecular complexity index is 3130. The number of nitrogens with zero attached hydrogens (tertiary/aromatic N) is 3. The zero-order chi connectivity index (χ0) is 32.2. The molecule has 0 saturated heterocycles. The summed E-state index contributed by atoms with van der Waals surface area (Å²) in [5, 5.41) is 6.65. The fraction of sp³-hybridized carbons (Fsp3) is 0. The predicted molar refractivity (Wildman–Crippen MR) is 217 cm³/mol. The fourth-order valence-corrected chi connectivity index (χ4v) is 11.7. The molecule has 3 aliphatic rings. The first-order chi connectivity index (χ1) is 24.8. The number of fused-ring (bicyclic) bond motifs is 11. The minimum atomic E-state index is 0.129. The molecule has 3 nitrogen and oxygen atoms in total. The van der Waals surface area contributed by atoms with Crippen LogP contribution in [-0.4, -0.2) is 11.3 Å². The first kappa shape index (κ1) is 26.1. The number of benzene rings is 7. The molecule has 230 valence electrons. The highest BCUT2D eigenvalue weighted by molar-refractivity contribution is 7.26. The van der Waals surface area contributed by atoms with Crippen LogP contribution in [0.3, 0.4) is 0 Å². The van der Waals surface area contributed by atoms with E-state index in [9.17, 15) is 0 Å². The molecule has 0 radical (unpaired) electrons. The van der Waals surface area contributed by atoms with E-state index in [2.05, 4.69) is 160 Å². The standard InChI is InChI=1S/C44H24BN3S2/c1-2-11-25(12-3-1)46-30-16-8-17-31-40(30)45-41-32(47(31)29-15-10-22-36-38(29)26-13-4-6-20-34(26)49-36)18-9-19-33(41)48-42-28(43(46)44(45)48)23-24-37-39(42)27-14-5-7-21-35(27)50-37/h1-24H. The van der Waals surface area contributed by atoms with E-state index in [0.29, 0.717) is 0 Å². The summed E-state index contributed by atoms with van der Waals surface area (Å²) in [6, 6.07) is 54.4. The number of para-hydroxylation sites is 1. The summed E-state index contributed by atoms with van der Waals surface area (Å²) in [6.45, 7) is 0.129. The van der Waals surface area contributed by atoms with Gasteiger partial charge in [0.05, 0.1) is 16.9 Å². The Hall–Kier alpha value is -5.82. The quantitative estimate of drug-likeness (QED) is 0.170. The number of hydrogen-bond acceptors (Lipinski definition) is 4. The first-order valence-corrected chi connectivity index (χ1v) is 18.8. The molecule has 6 heteroatoms. The lowest BCUT2D eigenvalue weighted by Crippen LogP contribution is -2.59. The third kappa shape index (κ3) is 2.97. The SMILES string of the molecule is c1ccc(N2c3cccc4c3B3c5c(cccc5-n5c3c2c2ccc3sc6ccccc6c3c25)N4c2cccc3sc4ccccc4c23)cc1. The first-order valence-electron chi connectivity index (χ1n) is 17.2. The number of rotatable bonds is 2. The van der Waals surface area contributed by atoms with E-state index < -0.39 is 0 Å². The van der Waals surface area contributed by atoms with E-state index in [-0.39, 0.29) is 6.71 Å². The molecular formula is C44H24BN3S2. The van der Waals surface area contributed by atoms with Crippen LogP contribution in [0.4, 0.5) is 34.1 Å². The van der Waals surface area contributed by atoms with Gasteiger partial charge >= 0.3 is 0 Å². The van der Waals surface area contributed by atoms with Gasteiger partial charge in [-0.2, -0.15) is 0 Å². The Balaban J connectivity index is 1.23. The van der Waals surface area contributed by atoms with Gasteiger partial charge < -0.3 is 14.4 Å². The van der Waals surface area contributed by atoms with Gasteiger partial charge in [0.2, 0.25) is 0 Å².